The zero-order valence-electron chi connectivity index (χ0n) is 10.4. The summed E-state index contributed by atoms with van der Waals surface area (Å²) < 4.78 is 5.34. The summed E-state index contributed by atoms with van der Waals surface area (Å²) >= 11 is 0. The number of ether oxygens (including phenoxy) is 1. The van der Waals surface area contributed by atoms with E-state index in [9.17, 15) is 4.79 Å². The van der Waals surface area contributed by atoms with Crippen LogP contribution in [0.1, 0.15) is 5.56 Å². The zero-order chi connectivity index (χ0) is 13.7. The van der Waals surface area contributed by atoms with Crippen LogP contribution in [-0.2, 0) is 4.79 Å². The number of nitrogens with one attached hydrogen (secondary N) is 1. The topological polar surface area (TPSA) is 81.9 Å². The van der Waals surface area contributed by atoms with Gasteiger partial charge >= 0.3 is 0 Å². The summed E-state index contributed by atoms with van der Waals surface area (Å²) in [5.41, 5.74) is 1.06. The summed E-state index contributed by atoms with van der Waals surface area (Å²) in [6.07, 6.45) is 1.37. The minimum absolute atomic E-state index is 0.109. The Bertz CT molecular complexity index is 593. The highest BCUT2D eigenvalue weighted by molar-refractivity contribution is 5.90. The molecule has 0 fully saturated rings. The van der Waals surface area contributed by atoms with Crippen molar-refractivity contribution >= 4 is 18.1 Å². The predicted octanol–water partition coefficient (Wildman–Crippen LogP) is 1.10. The lowest BCUT2D eigenvalue weighted by Crippen LogP contribution is -2.21. The maximum absolute atomic E-state index is 11.6. The Morgan fingerprint density at radius 2 is 2.42 bits per heavy atom. The van der Waals surface area contributed by atoms with Crippen molar-refractivity contribution in [3.63, 3.8) is 0 Å². The number of aromatic nitrogens is 4. The minimum Gasteiger partial charge on any atom is -0.484 e. The van der Waals surface area contributed by atoms with E-state index in [2.05, 4.69) is 27.3 Å². The lowest BCUT2D eigenvalue weighted by atomic mass is 10.2. The average Bonchev–Trinajstić information content (AvgIpc) is 2.84. The largest absolute Gasteiger partial charge is 0.484 e. The van der Waals surface area contributed by atoms with Gasteiger partial charge in [-0.25, -0.2) is 0 Å². The Balaban J connectivity index is 1.86. The monoisotopic (exact) mass is 259 g/mol. The molecule has 0 aliphatic rings. The SMILES string of the molecule is C=Cn1nnc(NC(=O)COc2cccc(C)c2)n1. The molecule has 19 heavy (non-hydrogen) atoms. The molecular weight excluding hydrogens is 246 g/mol. The van der Waals surface area contributed by atoms with Crippen LogP contribution in [0, 0.1) is 6.92 Å². The molecule has 0 aliphatic heterocycles. The van der Waals surface area contributed by atoms with E-state index in [1.165, 1.54) is 6.20 Å². The van der Waals surface area contributed by atoms with Crippen molar-refractivity contribution in [2.45, 2.75) is 6.92 Å². The number of tetrazole rings is 1. The fraction of sp³-hybridized carbons (Fsp3) is 0.167. The number of nitrogens with zero attached hydrogens (tertiary/aromatic N) is 4. The average molecular weight is 259 g/mol. The van der Waals surface area contributed by atoms with Gasteiger partial charge in [0.2, 0.25) is 0 Å². The van der Waals surface area contributed by atoms with Crippen LogP contribution in [0.5, 0.6) is 5.75 Å². The quantitative estimate of drug-likeness (QED) is 0.869. The molecule has 0 bridgehead atoms. The van der Waals surface area contributed by atoms with Crippen LogP contribution < -0.4 is 10.1 Å². The van der Waals surface area contributed by atoms with Crippen molar-refractivity contribution in [2.24, 2.45) is 0 Å². The smallest absolute Gasteiger partial charge is 0.270 e. The molecule has 7 nitrogen and oxygen atoms in total. The number of benzene rings is 1. The number of anilines is 1. The highest BCUT2D eigenvalue weighted by Crippen LogP contribution is 2.12. The van der Waals surface area contributed by atoms with E-state index in [4.69, 9.17) is 4.74 Å². The van der Waals surface area contributed by atoms with Gasteiger partial charge in [0.1, 0.15) is 5.75 Å². The Morgan fingerprint density at radius 3 is 3.11 bits per heavy atom. The van der Waals surface area contributed by atoms with Crippen LogP contribution >= 0.6 is 0 Å². The van der Waals surface area contributed by atoms with E-state index >= 15 is 0 Å². The molecule has 98 valence electrons. The Morgan fingerprint density at radius 1 is 1.58 bits per heavy atom. The van der Waals surface area contributed by atoms with E-state index in [1.807, 2.05) is 25.1 Å². The Kier molecular flexibility index (Phi) is 3.87. The van der Waals surface area contributed by atoms with Crippen LogP contribution in [-0.4, -0.2) is 32.7 Å². The number of carbonyl (C=O) groups is 1. The van der Waals surface area contributed by atoms with E-state index in [0.29, 0.717) is 5.75 Å². The molecule has 0 saturated heterocycles. The van der Waals surface area contributed by atoms with Crippen molar-refractivity contribution < 1.29 is 9.53 Å². The predicted molar refractivity (Wildman–Crippen MR) is 69.5 cm³/mol. The summed E-state index contributed by atoms with van der Waals surface area (Å²) in [6.45, 7) is 5.30. The molecule has 1 N–H and O–H groups in total. The van der Waals surface area contributed by atoms with Gasteiger partial charge in [-0.05, 0) is 29.8 Å². The first-order valence-electron chi connectivity index (χ1n) is 5.59. The van der Waals surface area contributed by atoms with Gasteiger partial charge in [-0.2, -0.15) is 0 Å². The highest BCUT2D eigenvalue weighted by atomic mass is 16.5. The molecule has 1 heterocycles. The number of hydrogen-bond acceptors (Lipinski definition) is 5. The molecule has 0 radical (unpaired) electrons. The second-order valence-corrected chi connectivity index (χ2v) is 3.77. The van der Waals surface area contributed by atoms with Crippen molar-refractivity contribution in [2.75, 3.05) is 11.9 Å². The van der Waals surface area contributed by atoms with Gasteiger partial charge in [-0.3, -0.25) is 10.1 Å². The van der Waals surface area contributed by atoms with E-state index in [1.54, 1.807) is 6.07 Å². The molecule has 0 aliphatic carbocycles. The normalized spacial score (nSPS) is 9.95. The Hall–Kier alpha value is -2.70. The summed E-state index contributed by atoms with van der Waals surface area (Å²) in [4.78, 5) is 12.7. The van der Waals surface area contributed by atoms with Crippen molar-refractivity contribution in [3.05, 3.63) is 36.4 Å². The lowest BCUT2D eigenvalue weighted by molar-refractivity contribution is -0.118. The van der Waals surface area contributed by atoms with Crippen LogP contribution in [0.25, 0.3) is 6.20 Å². The minimum atomic E-state index is -0.356. The molecule has 1 aromatic heterocycles. The third kappa shape index (κ3) is 3.63. The second kappa shape index (κ2) is 5.76. The number of rotatable bonds is 5. The van der Waals surface area contributed by atoms with Gasteiger partial charge in [-0.15, -0.1) is 9.90 Å². The lowest BCUT2D eigenvalue weighted by Gasteiger charge is -2.05. The van der Waals surface area contributed by atoms with Crippen LogP contribution in [0.15, 0.2) is 30.8 Å². The summed E-state index contributed by atoms with van der Waals surface area (Å²) in [5, 5.41) is 13.5. The molecule has 0 unspecified atom stereocenters. The molecular formula is C12H13N5O2. The molecule has 2 rings (SSSR count). The molecule has 1 amide bonds. The molecule has 1 aromatic carbocycles. The van der Waals surface area contributed by atoms with Gasteiger partial charge in [0, 0.05) is 6.20 Å². The van der Waals surface area contributed by atoms with E-state index in [0.717, 1.165) is 10.4 Å². The van der Waals surface area contributed by atoms with Crippen molar-refractivity contribution in [3.8, 4) is 5.75 Å². The van der Waals surface area contributed by atoms with Crippen LogP contribution in [0.3, 0.4) is 0 Å². The molecule has 2 aromatic rings. The second-order valence-electron chi connectivity index (χ2n) is 3.77. The first kappa shape index (κ1) is 12.7. The molecule has 0 atom stereocenters. The van der Waals surface area contributed by atoms with Gasteiger partial charge in [-0.1, -0.05) is 23.8 Å². The standard InChI is InChI=1S/C12H13N5O2/c1-3-17-15-12(14-16-17)13-11(18)8-19-10-6-4-5-9(2)7-10/h3-7H,1,8H2,2H3,(H,13,15,18). The van der Waals surface area contributed by atoms with Gasteiger partial charge < -0.3 is 4.74 Å². The number of hydrogen-bond donors (Lipinski definition) is 1. The fourth-order valence-electron chi connectivity index (χ4n) is 1.37. The molecule has 0 saturated carbocycles. The molecule has 0 spiro atoms. The van der Waals surface area contributed by atoms with Crippen molar-refractivity contribution in [1.82, 2.24) is 20.2 Å². The van der Waals surface area contributed by atoms with E-state index in [-0.39, 0.29) is 18.5 Å². The zero-order valence-corrected chi connectivity index (χ0v) is 10.4. The fourth-order valence-corrected chi connectivity index (χ4v) is 1.37. The first-order valence-corrected chi connectivity index (χ1v) is 5.59. The van der Waals surface area contributed by atoms with Crippen LogP contribution in [0.4, 0.5) is 5.95 Å². The van der Waals surface area contributed by atoms with E-state index < -0.39 is 0 Å². The highest BCUT2D eigenvalue weighted by Gasteiger charge is 2.07. The summed E-state index contributed by atoms with van der Waals surface area (Å²) in [5.74, 6) is 0.390. The maximum Gasteiger partial charge on any atom is 0.270 e. The van der Waals surface area contributed by atoms with Crippen LogP contribution in [0.2, 0.25) is 0 Å². The number of amides is 1. The summed E-state index contributed by atoms with van der Waals surface area (Å²) in [7, 11) is 0. The van der Waals surface area contributed by atoms with Crippen molar-refractivity contribution in [1.29, 1.82) is 0 Å². The Labute approximate surface area is 109 Å². The molecule has 7 heteroatoms. The third-order valence-electron chi connectivity index (χ3n) is 2.20. The number of carbonyl (C=O) groups excluding carboxylic acids is 1. The first-order chi connectivity index (χ1) is 9.17. The van der Waals surface area contributed by atoms with Gasteiger partial charge in [0.05, 0.1) is 0 Å². The maximum atomic E-state index is 11.6. The summed E-state index contributed by atoms with van der Waals surface area (Å²) in [6, 6.07) is 7.44. The third-order valence-corrected chi connectivity index (χ3v) is 2.20. The van der Waals surface area contributed by atoms with Gasteiger partial charge in [0.15, 0.2) is 6.61 Å². The van der Waals surface area contributed by atoms with Gasteiger partial charge in [0.25, 0.3) is 11.9 Å². The number of aryl methyl sites for hydroxylation is 1.